The van der Waals surface area contributed by atoms with Crippen molar-refractivity contribution in [3.05, 3.63) is 30.1 Å². The van der Waals surface area contributed by atoms with Crippen molar-refractivity contribution in [2.24, 2.45) is 17.8 Å². The lowest BCUT2D eigenvalue weighted by atomic mass is 9.75. The van der Waals surface area contributed by atoms with Gasteiger partial charge in [-0.25, -0.2) is 4.39 Å². The van der Waals surface area contributed by atoms with Crippen LogP contribution < -0.4 is 4.90 Å². The first kappa shape index (κ1) is 21.5. The SMILES string of the molecule is CC1CCC(C(C)C)C(OCC(O)CN2CCN(c3ccc(F)cc3)CC2)C1. The number of hydrogen-bond donors (Lipinski definition) is 1. The number of rotatable bonds is 7. The van der Waals surface area contributed by atoms with Crippen LogP contribution in [0.3, 0.4) is 0 Å². The van der Waals surface area contributed by atoms with Gasteiger partial charge in [0, 0.05) is 38.4 Å². The Kier molecular flexibility index (Phi) is 7.72. The minimum atomic E-state index is -0.442. The molecule has 0 amide bonds. The van der Waals surface area contributed by atoms with Crippen LogP contribution in [0.2, 0.25) is 0 Å². The van der Waals surface area contributed by atoms with E-state index in [1.165, 1.54) is 25.0 Å². The molecule has 0 bridgehead atoms. The van der Waals surface area contributed by atoms with E-state index in [9.17, 15) is 9.50 Å². The van der Waals surface area contributed by atoms with Crippen molar-refractivity contribution in [1.29, 1.82) is 0 Å². The number of benzene rings is 1. The van der Waals surface area contributed by atoms with Gasteiger partial charge in [-0.15, -0.1) is 0 Å². The molecule has 3 rings (SSSR count). The van der Waals surface area contributed by atoms with Crippen LogP contribution >= 0.6 is 0 Å². The van der Waals surface area contributed by atoms with Gasteiger partial charge in [0.25, 0.3) is 0 Å². The molecule has 1 heterocycles. The van der Waals surface area contributed by atoms with E-state index in [0.717, 1.165) is 44.2 Å². The van der Waals surface area contributed by atoms with Crippen LogP contribution in [0.4, 0.5) is 10.1 Å². The van der Waals surface area contributed by atoms with Crippen LogP contribution in [-0.4, -0.2) is 61.5 Å². The second-order valence-corrected chi connectivity index (χ2v) is 9.12. The first-order valence-corrected chi connectivity index (χ1v) is 10.9. The molecule has 1 aromatic rings. The fraction of sp³-hybridized carbons (Fsp3) is 0.739. The van der Waals surface area contributed by atoms with E-state index in [0.29, 0.717) is 25.0 Å². The summed E-state index contributed by atoms with van der Waals surface area (Å²) < 4.78 is 19.3. The van der Waals surface area contributed by atoms with Crippen molar-refractivity contribution in [2.45, 2.75) is 52.2 Å². The molecule has 0 radical (unpaired) electrons. The number of ether oxygens (including phenoxy) is 1. The molecule has 1 N–H and O–H groups in total. The molecule has 1 saturated heterocycles. The Morgan fingerprint density at radius 2 is 1.79 bits per heavy atom. The molecule has 1 aliphatic carbocycles. The van der Waals surface area contributed by atoms with E-state index in [1.54, 1.807) is 0 Å². The summed E-state index contributed by atoms with van der Waals surface area (Å²) in [5.74, 6) is 1.77. The predicted molar refractivity (Wildman–Crippen MR) is 112 cm³/mol. The molecule has 1 aromatic carbocycles. The molecule has 28 heavy (non-hydrogen) atoms. The average molecular weight is 393 g/mol. The molecular formula is C23H37FN2O2. The molecule has 4 unspecified atom stereocenters. The van der Waals surface area contributed by atoms with Gasteiger partial charge in [0.2, 0.25) is 0 Å². The smallest absolute Gasteiger partial charge is 0.123 e. The molecule has 1 saturated carbocycles. The van der Waals surface area contributed by atoms with Gasteiger partial charge in [-0.2, -0.15) is 0 Å². The number of anilines is 1. The first-order valence-electron chi connectivity index (χ1n) is 10.9. The van der Waals surface area contributed by atoms with Crippen LogP contribution in [0.25, 0.3) is 0 Å². The number of piperazine rings is 1. The molecule has 2 aliphatic rings. The number of aliphatic hydroxyl groups excluding tert-OH is 1. The molecule has 5 heteroatoms. The first-order chi connectivity index (χ1) is 13.4. The lowest BCUT2D eigenvalue weighted by Crippen LogP contribution is -2.49. The van der Waals surface area contributed by atoms with Gasteiger partial charge in [0.15, 0.2) is 0 Å². The summed E-state index contributed by atoms with van der Waals surface area (Å²) in [7, 11) is 0. The largest absolute Gasteiger partial charge is 0.389 e. The van der Waals surface area contributed by atoms with Crippen molar-refractivity contribution in [2.75, 3.05) is 44.2 Å². The Labute approximate surface area is 169 Å². The maximum absolute atomic E-state index is 13.1. The van der Waals surface area contributed by atoms with Gasteiger partial charge in [0.1, 0.15) is 5.82 Å². The average Bonchev–Trinajstić information content (AvgIpc) is 2.67. The van der Waals surface area contributed by atoms with Crippen molar-refractivity contribution in [3.63, 3.8) is 0 Å². The molecule has 1 aliphatic heterocycles. The van der Waals surface area contributed by atoms with Crippen molar-refractivity contribution in [1.82, 2.24) is 4.90 Å². The maximum atomic E-state index is 13.1. The Hall–Kier alpha value is -1.17. The van der Waals surface area contributed by atoms with Gasteiger partial charge in [0.05, 0.1) is 18.8 Å². The second kappa shape index (κ2) is 10.0. The zero-order valence-electron chi connectivity index (χ0n) is 17.7. The van der Waals surface area contributed by atoms with Crippen molar-refractivity contribution < 1.29 is 14.2 Å². The third-order valence-electron chi connectivity index (χ3n) is 6.50. The summed E-state index contributed by atoms with van der Waals surface area (Å²) in [6.07, 6.45) is 3.50. The lowest BCUT2D eigenvalue weighted by Gasteiger charge is -2.39. The minimum absolute atomic E-state index is 0.197. The van der Waals surface area contributed by atoms with Crippen LogP contribution in [0.1, 0.15) is 40.0 Å². The zero-order chi connectivity index (χ0) is 20.1. The summed E-state index contributed by atoms with van der Waals surface area (Å²) in [5.41, 5.74) is 1.07. The summed E-state index contributed by atoms with van der Waals surface area (Å²) in [6.45, 7) is 11.6. The highest BCUT2D eigenvalue weighted by Crippen LogP contribution is 2.35. The summed E-state index contributed by atoms with van der Waals surface area (Å²) in [5, 5.41) is 10.5. The van der Waals surface area contributed by atoms with E-state index in [1.807, 2.05) is 12.1 Å². The van der Waals surface area contributed by atoms with E-state index in [4.69, 9.17) is 4.74 Å². The number of β-amino-alcohol motifs (C(OH)–C–C–N with tert-alkyl or cyclic N) is 1. The van der Waals surface area contributed by atoms with Gasteiger partial charge in [-0.1, -0.05) is 27.2 Å². The van der Waals surface area contributed by atoms with E-state index in [2.05, 4.69) is 30.6 Å². The standard InChI is InChI=1S/C23H37FN2O2/c1-17(2)22-9-4-18(3)14-23(22)28-16-21(27)15-25-10-12-26(13-11-25)20-7-5-19(24)6-8-20/h5-8,17-18,21-23,27H,4,9-16H2,1-3H3. The Bertz CT molecular complexity index is 587. The number of hydrogen-bond acceptors (Lipinski definition) is 4. The highest BCUT2D eigenvalue weighted by atomic mass is 19.1. The van der Waals surface area contributed by atoms with E-state index >= 15 is 0 Å². The number of halogens is 1. The zero-order valence-corrected chi connectivity index (χ0v) is 17.7. The minimum Gasteiger partial charge on any atom is -0.389 e. The molecule has 4 atom stereocenters. The molecular weight excluding hydrogens is 355 g/mol. The lowest BCUT2D eigenvalue weighted by molar-refractivity contribution is -0.0740. The molecule has 0 aromatic heterocycles. The highest BCUT2D eigenvalue weighted by molar-refractivity contribution is 5.46. The molecule has 0 spiro atoms. The Morgan fingerprint density at radius 3 is 2.43 bits per heavy atom. The van der Waals surface area contributed by atoms with E-state index in [-0.39, 0.29) is 11.9 Å². The Morgan fingerprint density at radius 1 is 1.11 bits per heavy atom. The topological polar surface area (TPSA) is 35.9 Å². The van der Waals surface area contributed by atoms with Crippen LogP contribution in [-0.2, 0) is 4.74 Å². The Balaban J connectivity index is 1.40. The van der Waals surface area contributed by atoms with Gasteiger partial charge in [-0.05, 0) is 54.9 Å². The fourth-order valence-corrected chi connectivity index (χ4v) is 4.73. The number of aliphatic hydroxyl groups is 1. The summed E-state index contributed by atoms with van der Waals surface area (Å²) >= 11 is 0. The predicted octanol–water partition coefficient (Wildman–Crippen LogP) is 3.79. The van der Waals surface area contributed by atoms with Crippen LogP contribution in [0.5, 0.6) is 0 Å². The van der Waals surface area contributed by atoms with Crippen LogP contribution in [0, 0.1) is 23.6 Å². The van der Waals surface area contributed by atoms with Crippen molar-refractivity contribution >= 4 is 5.69 Å². The normalized spacial score (nSPS) is 27.9. The summed E-state index contributed by atoms with van der Waals surface area (Å²) in [4.78, 5) is 4.58. The van der Waals surface area contributed by atoms with Gasteiger partial charge in [-0.3, -0.25) is 4.90 Å². The maximum Gasteiger partial charge on any atom is 0.123 e. The summed E-state index contributed by atoms with van der Waals surface area (Å²) in [6, 6.07) is 6.70. The van der Waals surface area contributed by atoms with Gasteiger partial charge < -0.3 is 14.7 Å². The highest BCUT2D eigenvalue weighted by Gasteiger charge is 2.32. The third-order valence-corrected chi connectivity index (χ3v) is 6.50. The van der Waals surface area contributed by atoms with Crippen molar-refractivity contribution in [3.8, 4) is 0 Å². The molecule has 158 valence electrons. The number of nitrogens with zero attached hydrogens (tertiary/aromatic N) is 2. The van der Waals surface area contributed by atoms with E-state index < -0.39 is 6.10 Å². The second-order valence-electron chi connectivity index (χ2n) is 9.12. The van der Waals surface area contributed by atoms with Crippen LogP contribution in [0.15, 0.2) is 24.3 Å². The molecule has 4 nitrogen and oxygen atoms in total. The fourth-order valence-electron chi connectivity index (χ4n) is 4.73. The monoisotopic (exact) mass is 392 g/mol. The molecule has 2 fully saturated rings. The van der Waals surface area contributed by atoms with Gasteiger partial charge >= 0.3 is 0 Å². The third kappa shape index (κ3) is 5.91. The quantitative estimate of drug-likeness (QED) is 0.766.